The number of ketones is 2. The lowest BCUT2D eigenvalue weighted by Gasteiger charge is -2.41. The molecule has 2 saturated heterocycles. The zero-order valence-electron chi connectivity index (χ0n) is 33.7. The maximum Gasteiger partial charge on any atom is 0.329 e. The quantitative estimate of drug-likeness (QED) is 0.145. The minimum absolute atomic E-state index is 0.0100. The summed E-state index contributed by atoms with van der Waals surface area (Å²) in [5.41, 5.74) is -0.435. The number of carbonyl (C=O) groups is 4. The normalized spacial score (nSPS) is 25.2. The van der Waals surface area contributed by atoms with Crippen molar-refractivity contribution in [3.63, 3.8) is 0 Å². The van der Waals surface area contributed by atoms with Crippen molar-refractivity contribution < 1.29 is 43.0 Å². The van der Waals surface area contributed by atoms with Crippen LogP contribution in [0.5, 0.6) is 0 Å². The Morgan fingerprint density at radius 2 is 1.67 bits per heavy atom. The summed E-state index contributed by atoms with van der Waals surface area (Å²) in [4.78, 5) is 79.4. The second-order valence-corrected chi connectivity index (χ2v) is 18.5. The molecule has 1 saturated carbocycles. The third kappa shape index (κ3) is 10.7. The second-order valence-electron chi connectivity index (χ2n) is 16.6. The molecule has 1 aromatic rings. The number of fused-ring (bicyclic) bond motifs is 2. The van der Waals surface area contributed by atoms with E-state index < -0.39 is 49.4 Å². The Kier molecular flexibility index (Phi) is 16.1. The van der Waals surface area contributed by atoms with E-state index in [-0.39, 0.29) is 66.9 Å². The van der Waals surface area contributed by atoms with E-state index in [1.54, 1.807) is 55.1 Å². The number of amides is 2. The average molecular weight is 776 g/mol. The number of Topliss-reactive ketones (excluding diaryl/α,β-unsaturated/α-hetero) is 2. The molecular formula is C41H66N3O9P. The number of hydrogen-bond acceptors (Lipinski definition) is 8. The Labute approximate surface area is 322 Å². The highest BCUT2D eigenvalue weighted by atomic mass is 31.2. The highest BCUT2D eigenvalue weighted by Gasteiger charge is 2.46. The SMILES string of the molecule is CC[C@H](C)[C@@H]([C@@H](CC(=O)N1CCC[C@H]1[C@H](OC)[C@@H](C)C(=O)C[C@@H](Cc1ccccc1)P(=O)(O)O)OC)N(C)C(=O)[C@@H](CC(=O)[C@H]1N[C@@H]2CC[C@H]1C2)C(C)C. The topological polar surface area (TPSA) is 163 Å². The van der Waals surface area contributed by atoms with Crippen LogP contribution in [-0.4, -0.2) is 113 Å². The number of likely N-dealkylation sites (tertiary alicyclic amines) is 1. The fraction of sp³-hybridized carbons (Fsp3) is 0.756. The van der Waals surface area contributed by atoms with Crippen molar-refractivity contribution in [2.75, 3.05) is 27.8 Å². The molecule has 0 unspecified atom stereocenters. The third-order valence-electron chi connectivity index (χ3n) is 12.8. The number of piperidine rings is 1. The molecule has 3 fully saturated rings. The van der Waals surface area contributed by atoms with Crippen molar-refractivity contribution in [2.45, 2.75) is 141 Å². The number of rotatable bonds is 21. The van der Waals surface area contributed by atoms with Gasteiger partial charge in [0.05, 0.1) is 42.4 Å². The summed E-state index contributed by atoms with van der Waals surface area (Å²) in [6, 6.07) is 8.35. The number of ether oxygens (including phenoxy) is 2. The van der Waals surface area contributed by atoms with Gasteiger partial charge in [-0.2, -0.15) is 0 Å². The van der Waals surface area contributed by atoms with Gasteiger partial charge < -0.3 is 34.4 Å². The van der Waals surface area contributed by atoms with Gasteiger partial charge in [0.1, 0.15) is 5.78 Å². The van der Waals surface area contributed by atoms with Gasteiger partial charge in [-0.3, -0.25) is 23.7 Å². The predicted molar refractivity (Wildman–Crippen MR) is 208 cm³/mol. The van der Waals surface area contributed by atoms with Crippen LogP contribution in [0.25, 0.3) is 0 Å². The number of carbonyl (C=O) groups excluding carboxylic acids is 4. The molecule has 2 heterocycles. The summed E-state index contributed by atoms with van der Waals surface area (Å²) in [7, 11) is 0.227. The van der Waals surface area contributed by atoms with Gasteiger partial charge >= 0.3 is 7.60 Å². The first kappa shape index (κ1) is 44.2. The summed E-state index contributed by atoms with van der Waals surface area (Å²) < 4.78 is 24.4. The fourth-order valence-electron chi connectivity index (χ4n) is 9.38. The summed E-state index contributed by atoms with van der Waals surface area (Å²) >= 11 is 0. The van der Waals surface area contributed by atoms with Crippen LogP contribution < -0.4 is 5.32 Å². The maximum absolute atomic E-state index is 14.3. The Bertz CT molecular complexity index is 1470. The van der Waals surface area contributed by atoms with Gasteiger partial charge in [-0.1, -0.05) is 71.4 Å². The molecule has 0 aromatic heterocycles. The number of hydrogen-bond donors (Lipinski definition) is 3. The van der Waals surface area contributed by atoms with E-state index in [2.05, 4.69) is 12.2 Å². The number of nitrogens with zero attached hydrogens (tertiary/aromatic N) is 2. The fourth-order valence-corrected chi connectivity index (χ4v) is 10.3. The molecular weight excluding hydrogens is 709 g/mol. The molecule has 304 valence electrons. The summed E-state index contributed by atoms with van der Waals surface area (Å²) in [5.74, 6) is -1.44. The minimum atomic E-state index is -4.60. The van der Waals surface area contributed by atoms with E-state index in [1.165, 1.54) is 7.11 Å². The van der Waals surface area contributed by atoms with E-state index >= 15 is 0 Å². The zero-order valence-corrected chi connectivity index (χ0v) is 34.6. The lowest BCUT2D eigenvalue weighted by atomic mass is 9.83. The average Bonchev–Trinajstić information content (AvgIpc) is 3.91. The van der Waals surface area contributed by atoms with Gasteiger partial charge in [-0.15, -0.1) is 0 Å². The van der Waals surface area contributed by atoms with Crippen LogP contribution in [0.15, 0.2) is 30.3 Å². The highest BCUT2D eigenvalue weighted by molar-refractivity contribution is 7.52. The Balaban J connectivity index is 1.46. The van der Waals surface area contributed by atoms with Gasteiger partial charge in [0.15, 0.2) is 5.78 Å². The molecule has 2 aliphatic heterocycles. The van der Waals surface area contributed by atoms with Crippen molar-refractivity contribution in [1.82, 2.24) is 15.1 Å². The Hall–Kier alpha value is -2.47. The van der Waals surface area contributed by atoms with Crippen LogP contribution in [0, 0.1) is 29.6 Å². The van der Waals surface area contributed by atoms with Gasteiger partial charge in [0.25, 0.3) is 0 Å². The number of methoxy groups -OCH3 is 2. The molecule has 11 atom stereocenters. The maximum atomic E-state index is 14.3. The van der Waals surface area contributed by atoms with Gasteiger partial charge in [0.2, 0.25) is 11.8 Å². The molecule has 1 aliphatic carbocycles. The lowest BCUT2D eigenvalue weighted by Crippen LogP contribution is -2.54. The van der Waals surface area contributed by atoms with Gasteiger partial charge in [0, 0.05) is 58.5 Å². The highest BCUT2D eigenvalue weighted by Crippen LogP contribution is 2.45. The lowest BCUT2D eigenvalue weighted by molar-refractivity contribution is -0.149. The number of nitrogens with one attached hydrogen (secondary N) is 1. The van der Waals surface area contributed by atoms with Crippen molar-refractivity contribution in [1.29, 1.82) is 0 Å². The van der Waals surface area contributed by atoms with Crippen molar-refractivity contribution in [3.05, 3.63) is 35.9 Å². The summed E-state index contributed by atoms with van der Waals surface area (Å²) in [6.07, 6.45) is 3.89. The van der Waals surface area contributed by atoms with E-state index in [1.807, 2.05) is 26.8 Å². The Morgan fingerprint density at radius 3 is 2.20 bits per heavy atom. The first-order valence-electron chi connectivity index (χ1n) is 20.0. The van der Waals surface area contributed by atoms with E-state index in [9.17, 15) is 33.5 Å². The Morgan fingerprint density at radius 1 is 0.981 bits per heavy atom. The number of likely N-dealkylation sites (N-methyl/N-ethyl adjacent to an activating group) is 1. The molecule has 3 aliphatic rings. The molecule has 13 heteroatoms. The first-order chi connectivity index (χ1) is 25.5. The van der Waals surface area contributed by atoms with E-state index in [0.29, 0.717) is 31.3 Å². The predicted octanol–water partition coefficient (Wildman–Crippen LogP) is 5.03. The second kappa shape index (κ2) is 19.6. The summed E-state index contributed by atoms with van der Waals surface area (Å²) in [6.45, 7) is 10.2. The van der Waals surface area contributed by atoms with Crippen LogP contribution in [-0.2, 0) is 39.6 Å². The van der Waals surface area contributed by atoms with Gasteiger partial charge in [-0.05, 0) is 61.8 Å². The standard InChI is InChI=1S/C41H66N3O9P/c1-9-26(4)39(43(6)41(48)32(25(2)3)23-35(46)38-29-17-18-30(21-29)42-38)36(52-7)24-37(47)44-19-13-16-33(44)40(53-8)27(5)34(45)22-31(54(49,50)51)20-28-14-11-10-12-15-28/h10-12,14-15,25-27,29-33,36,38-40,42H,9,13,16-24H2,1-8H3,(H2,49,50,51)/t26-,27-,29-,30+,31+,32-,33-,36+,38-,39-,40+/m0/s1. The minimum Gasteiger partial charge on any atom is -0.379 e. The van der Waals surface area contributed by atoms with Gasteiger partial charge in [-0.25, -0.2) is 0 Å². The number of benzene rings is 1. The molecule has 54 heavy (non-hydrogen) atoms. The molecule has 0 radical (unpaired) electrons. The van der Waals surface area contributed by atoms with Crippen LogP contribution in [0.2, 0.25) is 0 Å². The molecule has 12 nitrogen and oxygen atoms in total. The van der Waals surface area contributed by atoms with Crippen molar-refractivity contribution in [2.24, 2.45) is 29.6 Å². The zero-order chi connectivity index (χ0) is 39.9. The van der Waals surface area contributed by atoms with E-state index in [4.69, 9.17) is 9.47 Å². The van der Waals surface area contributed by atoms with Crippen LogP contribution in [0.1, 0.15) is 98.0 Å². The molecule has 1 aromatic carbocycles. The molecule has 2 amide bonds. The third-order valence-corrected chi connectivity index (χ3v) is 14.1. The summed E-state index contributed by atoms with van der Waals surface area (Å²) in [5, 5.41) is 3.48. The molecule has 2 bridgehead atoms. The van der Waals surface area contributed by atoms with Crippen molar-refractivity contribution >= 4 is 31.0 Å². The molecule has 3 N–H and O–H groups in total. The van der Waals surface area contributed by atoms with Crippen LogP contribution in [0.4, 0.5) is 0 Å². The van der Waals surface area contributed by atoms with E-state index in [0.717, 1.165) is 31.2 Å². The van der Waals surface area contributed by atoms with Crippen LogP contribution >= 0.6 is 7.60 Å². The first-order valence-corrected chi connectivity index (χ1v) is 21.7. The smallest absolute Gasteiger partial charge is 0.329 e. The van der Waals surface area contributed by atoms with Crippen molar-refractivity contribution in [3.8, 4) is 0 Å². The molecule has 4 rings (SSSR count). The molecule has 0 spiro atoms. The van der Waals surface area contributed by atoms with Crippen LogP contribution in [0.3, 0.4) is 0 Å². The monoisotopic (exact) mass is 775 g/mol. The largest absolute Gasteiger partial charge is 0.379 e.